The van der Waals surface area contributed by atoms with Gasteiger partial charge in [-0.05, 0) is 12.8 Å². The van der Waals surface area contributed by atoms with E-state index >= 15 is 0 Å². The molecular formula is C12H15N5O2. The Morgan fingerprint density at radius 2 is 2.26 bits per heavy atom. The van der Waals surface area contributed by atoms with Crippen LogP contribution in [0.1, 0.15) is 12.8 Å². The first-order valence-electron chi connectivity index (χ1n) is 6.50. The van der Waals surface area contributed by atoms with E-state index in [2.05, 4.69) is 15.2 Å². The zero-order valence-corrected chi connectivity index (χ0v) is 10.4. The number of hydrogen-bond acceptors (Lipinski definition) is 6. The number of primary amides is 1. The molecule has 1 saturated heterocycles. The van der Waals surface area contributed by atoms with Gasteiger partial charge < -0.3 is 10.6 Å². The molecule has 0 saturated carbocycles. The third kappa shape index (κ3) is 1.52. The maximum Gasteiger partial charge on any atom is 0.254 e. The van der Waals surface area contributed by atoms with Gasteiger partial charge in [-0.1, -0.05) is 0 Å². The Kier molecular flexibility index (Phi) is 2.21. The van der Waals surface area contributed by atoms with Crippen LogP contribution in [0, 0.1) is 0 Å². The lowest BCUT2D eigenvalue weighted by Gasteiger charge is -2.33. The molecule has 1 fully saturated rings. The largest absolute Gasteiger partial charge is 0.377 e. The first-order chi connectivity index (χ1) is 9.24. The lowest BCUT2D eigenvalue weighted by molar-refractivity contribution is -0.114. The van der Waals surface area contributed by atoms with Gasteiger partial charge in [-0.2, -0.15) is 5.06 Å². The Morgan fingerprint density at radius 3 is 3.00 bits per heavy atom. The lowest BCUT2D eigenvalue weighted by Crippen LogP contribution is -2.54. The summed E-state index contributed by atoms with van der Waals surface area (Å²) >= 11 is 0. The number of carbonyl (C=O) groups excluding carboxylic acids is 1. The molecule has 0 radical (unpaired) electrons. The first kappa shape index (κ1) is 11.0. The van der Waals surface area contributed by atoms with Crippen LogP contribution in [-0.4, -0.2) is 47.6 Å². The van der Waals surface area contributed by atoms with E-state index in [4.69, 9.17) is 10.6 Å². The highest BCUT2D eigenvalue weighted by atomic mass is 16.7. The summed E-state index contributed by atoms with van der Waals surface area (Å²) in [5.41, 5.74) is 6.61. The second kappa shape index (κ2) is 3.82. The Morgan fingerprint density at radius 1 is 1.47 bits per heavy atom. The molecule has 0 spiro atoms. The third-order valence-corrected chi connectivity index (χ3v) is 3.92. The van der Waals surface area contributed by atoms with E-state index in [0.29, 0.717) is 11.3 Å². The number of carbonyl (C=O) groups is 1. The summed E-state index contributed by atoms with van der Waals surface area (Å²) < 4.78 is 0. The fraction of sp³-hybridized carbons (Fsp3) is 0.500. The van der Waals surface area contributed by atoms with Crippen LogP contribution < -0.4 is 11.1 Å². The number of nitrogens with two attached hydrogens (primary N) is 1. The van der Waals surface area contributed by atoms with Crippen LogP contribution >= 0.6 is 0 Å². The maximum absolute atomic E-state index is 11.3. The van der Waals surface area contributed by atoms with E-state index in [1.165, 1.54) is 12.8 Å². The fourth-order valence-corrected chi connectivity index (χ4v) is 2.95. The molecule has 4 aliphatic rings. The smallest absolute Gasteiger partial charge is 0.254 e. The summed E-state index contributed by atoms with van der Waals surface area (Å²) in [5, 5.41) is 5.06. The number of fused-ring (bicyclic) bond motifs is 4. The molecule has 0 aliphatic carbocycles. The minimum Gasteiger partial charge on any atom is -0.377 e. The number of nitrogens with zero attached hydrogens (tertiary/aromatic N) is 3. The van der Waals surface area contributed by atoms with E-state index in [0.717, 1.165) is 18.7 Å². The van der Waals surface area contributed by atoms with Crippen molar-refractivity contribution in [3.63, 3.8) is 0 Å². The number of aliphatic imine (C=N–C) groups is 1. The number of hydrogen-bond donors (Lipinski definition) is 2. The van der Waals surface area contributed by atoms with Crippen molar-refractivity contribution in [1.82, 2.24) is 15.3 Å². The Labute approximate surface area is 110 Å². The summed E-state index contributed by atoms with van der Waals surface area (Å²) in [6, 6.07) is 0. The normalized spacial score (nSPS) is 32.6. The van der Waals surface area contributed by atoms with Gasteiger partial charge in [0.15, 0.2) is 12.0 Å². The Hall–Kier alpha value is -1.86. The van der Waals surface area contributed by atoms with Crippen LogP contribution in [0.4, 0.5) is 0 Å². The average Bonchev–Trinajstić information content (AvgIpc) is 3.14. The number of rotatable bonds is 2. The van der Waals surface area contributed by atoms with Crippen molar-refractivity contribution in [2.75, 3.05) is 13.1 Å². The van der Waals surface area contributed by atoms with Crippen molar-refractivity contribution >= 4 is 12.1 Å². The summed E-state index contributed by atoms with van der Waals surface area (Å²) in [6.45, 7) is 2.13. The molecule has 7 heteroatoms. The molecule has 1 amide bonds. The zero-order chi connectivity index (χ0) is 13.0. The summed E-state index contributed by atoms with van der Waals surface area (Å²) in [4.78, 5) is 23.7. The maximum atomic E-state index is 11.3. The third-order valence-electron chi connectivity index (χ3n) is 3.92. The molecule has 100 valence electrons. The second-order valence-electron chi connectivity index (χ2n) is 5.11. The van der Waals surface area contributed by atoms with Gasteiger partial charge in [-0.15, -0.1) is 0 Å². The molecule has 4 heterocycles. The first-order valence-corrected chi connectivity index (χ1v) is 6.50. The second-order valence-corrected chi connectivity index (χ2v) is 5.11. The molecule has 7 nitrogen and oxygen atoms in total. The van der Waals surface area contributed by atoms with Gasteiger partial charge in [0.25, 0.3) is 5.91 Å². The van der Waals surface area contributed by atoms with E-state index in [9.17, 15) is 4.79 Å². The fourth-order valence-electron chi connectivity index (χ4n) is 2.95. The zero-order valence-electron chi connectivity index (χ0n) is 10.4. The molecule has 2 unspecified atom stereocenters. The Balaban J connectivity index is 1.62. The van der Waals surface area contributed by atoms with Crippen molar-refractivity contribution < 1.29 is 9.63 Å². The minimum atomic E-state index is -0.474. The molecule has 4 aliphatic heterocycles. The molecule has 19 heavy (non-hydrogen) atoms. The highest BCUT2D eigenvalue weighted by molar-refractivity contribution is 5.99. The van der Waals surface area contributed by atoms with Crippen LogP contribution in [0.3, 0.4) is 0 Å². The number of hydroxylamine groups is 2. The average molecular weight is 261 g/mol. The van der Waals surface area contributed by atoms with Gasteiger partial charge in [0.05, 0.1) is 11.8 Å². The van der Waals surface area contributed by atoms with Gasteiger partial charge in [0, 0.05) is 19.3 Å². The van der Waals surface area contributed by atoms with Crippen molar-refractivity contribution in [1.29, 1.82) is 0 Å². The summed E-state index contributed by atoms with van der Waals surface area (Å²) in [5.74, 6) is 0.0622. The number of likely N-dealkylation sites (tertiary alicyclic amines) is 1. The van der Waals surface area contributed by atoms with Crippen molar-refractivity contribution in [2.24, 2.45) is 10.7 Å². The van der Waals surface area contributed by atoms with Gasteiger partial charge in [0.1, 0.15) is 11.7 Å². The van der Waals surface area contributed by atoms with E-state index in [1.807, 2.05) is 0 Å². The molecule has 3 N–H and O–H groups in total. The van der Waals surface area contributed by atoms with Crippen LogP contribution in [0.5, 0.6) is 0 Å². The quantitative estimate of drug-likeness (QED) is 0.683. The molecule has 0 aromatic heterocycles. The molecule has 4 rings (SSSR count). The van der Waals surface area contributed by atoms with Crippen LogP contribution in [-0.2, 0) is 9.63 Å². The summed E-state index contributed by atoms with van der Waals surface area (Å²) in [7, 11) is 0. The van der Waals surface area contributed by atoms with Crippen molar-refractivity contribution in [3.05, 3.63) is 23.1 Å². The topological polar surface area (TPSA) is 83.2 Å². The number of amides is 1. The highest BCUT2D eigenvalue weighted by Gasteiger charge is 2.44. The van der Waals surface area contributed by atoms with Gasteiger partial charge in [0.2, 0.25) is 0 Å². The van der Waals surface area contributed by atoms with Crippen LogP contribution in [0.2, 0.25) is 0 Å². The van der Waals surface area contributed by atoms with Crippen LogP contribution in [0.15, 0.2) is 28.1 Å². The van der Waals surface area contributed by atoms with Gasteiger partial charge >= 0.3 is 0 Å². The number of nitrogens with one attached hydrogen (secondary N) is 1. The van der Waals surface area contributed by atoms with Gasteiger partial charge in [-0.3, -0.25) is 20.0 Å². The van der Waals surface area contributed by atoms with E-state index in [1.54, 1.807) is 17.5 Å². The van der Waals surface area contributed by atoms with E-state index in [-0.39, 0.29) is 12.5 Å². The highest BCUT2D eigenvalue weighted by Crippen LogP contribution is 2.37. The minimum absolute atomic E-state index is 0.00905. The van der Waals surface area contributed by atoms with Gasteiger partial charge in [-0.25, -0.2) is 0 Å². The standard InChI is InChI=1S/C12H15N5O2/c13-10(18)8-6-17-11-7(9(8)19-17)5-14-12(15-11)16-3-1-2-4-16/h5-6,11-12,15H,1-4H2,(H2,13,18). The molecule has 2 atom stereocenters. The van der Waals surface area contributed by atoms with Crippen LogP contribution in [0.25, 0.3) is 0 Å². The molecule has 0 aromatic carbocycles. The van der Waals surface area contributed by atoms with Crippen molar-refractivity contribution in [3.8, 4) is 0 Å². The van der Waals surface area contributed by atoms with E-state index < -0.39 is 5.91 Å². The SMILES string of the molecule is NC(=O)C1=CN2OC1=C1C=NC(N3CCCC3)NC12. The summed E-state index contributed by atoms with van der Waals surface area (Å²) in [6.07, 6.45) is 5.82. The molecular weight excluding hydrogens is 246 g/mol. The predicted octanol–water partition coefficient (Wildman–Crippen LogP) is -0.750. The predicted molar refractivity (Wildman–Crippen MR) is 67.2 cm³/mol. The Bertz CT molecular complexity index is 532. The molecule has 0 aromatic rings. The lowest BCUT2D eigenvalue weighted by atomic mass is 10.0. The van der Waals surface area contributed by atoms with Crippen molar-refractivity contribution in [2.45, 2.75) is 25.3 Å². The molecule has 2 bridgehead atoms. The monoisotopic (exact) mass is 261 g/mol.